The Labute approximate surface area is 206 Å². The van der Waals surface area contributed by atoms with Crippen LogP contribution in [-0.4, -0.2) is 36.0 Å². The highest BCUT2D eigenvalue weighted by Gasteiger charge is 2.32. The molecule has 8 nitrogen and oxygen atoms in total. The highest BCUT2D eigenvalue weighted by Crippen LogP contribution is 2.30. The topological polar surface area (TPSA) is 99.8 Å². The van der Waals surface area contributed by atoms with Gasteiger partial charge < -0.3 is 20.1 Å². The van der Waals surface area contributed by atoms with E-state index in [2.05, 4.69) is 20.8 Å². The summed E-state index contributed by atoms with van der Waals surface area (Å²) in [4.78, 5) is 32.3. The first-order valence-electron chi connectivity index (χ1n) is 11.2. The fraction of sp³-hybridized carbons (Fsp3) is 0.111. The number of likely N-dealkylation sites (N-methyl/N-ethyl adjacent to an activating group) is 1. The molecule has 1 aliphatic heterocycles. The van der Waals surface area contributed by atoms with Crippen LogP contribution in [-0.2, 0) is 4.79 Å². The van der Waals surface area contributed by atoms with Gasteiger partial charge in [0.2, 0.25) is 6.17 Å². The van der Waals surface area contributed by atoms with Crippen LogP contribution in [0.2, 0.25) is 0 Å². The molecule has 36 heavy (non-hydrogen) atoms. The summed E-state index contributed by atoms with van der Waals surface area (Å²) in [6.07, 6.45) is -1.31. The van der Waals surface area contributed by atoms with Crippen molar-refractivity contribution in [3.05, 3.63) is 102 Å². The molecule has 5 rings (SSSR count). The third-order valence-electron chi connectivity index (χ3n) is 5.89. The monoisotopic (exact) mass is 483 g/mol. The summed E-state index contributed by atoms with van der Waals surface area (Å²) in [6.45, 7) is 1.67. The predicted molar refractivity (Wildman–Crippen MR) is 135 cm³/mol. The van der Waals surface area contributed by atoms with Gasteiger partial charge in [0.25, 0.3) is 5.91 Å². The van der Waals surface area contributed by atoms with E-state index in [1.165, 1.54) is 11.0 Å². The average molecular weight is 484 g/mol. The van der Waals surface area contributed by atoms with E-state index >= 15 is 0 Å². The molecule has 2 N–H and O–H groups in total. The van der Waals surface area contributed by atoms with Gasteiger partial charge in [0.1, 0.15) is 17.2 Å². The van der Waals surface area contributed by atoms with E-state index in [1.54, 1.807) is 56.4 Å². The predicted octanol–water partition coefficient (Wildman–Crippen LogP) is 4.75. The molecule has 1 aliphatic rings. The molecule has 1 atom stereocenters. The Bertz CT molecular complexity index is 1480. The fourth-order valence-corrected chi connectivity index (χ4v) is 4.07. The SMILES string of the molecule is Cc1onc(-c2ccccc2)c1NC(=O)NC1N=C(c2ccccc2F)c2ccccc2N(C)C1=O. The number of nitrogens with one attached hydrogen (secondary N) is 2. The van der Waals surface area contributed by atoms with Crippen LogP contribution >= 0.6 is 0 Å². The lowest BCUT2D eigenvalue weighted by molar-refractivity contribution is -0.119. The fourth-order valence-electron chi connectivity index (χ4n) is 4.07. The molecule has 0 spiro atoms. The minimum atomic E-state index is -1.31. The Morgan fingerprint density at radius 3 is 2.39 bits per heavy atom. The molecular weight excluding hydrogens is 461 g/mol. The summed E-state index contributed by atoms with van der Waals surface area (Å²) in [5.41, 5.74) is 3.19. The number of amides is 3. The summed E-state index contributed by atoms with van der Waals surface area (Å²) in [5, 5.41) is 9.40. The molecule has 3 aromatic carbocycles. The normalized spacial score (nSPS) is 15.1. The van der Waals surface area contributed by atoms with E-state index in [0.717, 1.165) is 5.56 Å². The number of benzodiazepines with no additional fused rings is 1. The number of fused-ring (bicyclic) bond motifs is 1. The van der Waals surface area contributed by atoms with Crippen molar-refractivity contribution in [1.29, 1.82) is 0 Å². The third kappa shape index (κ3) is 4.22. The van der Waals surface area contributed by atoms with Crippen molar-refractivity contribution in [2.24, 2.45) is 4.99 Å². The lowest BCUT2D eigenvalue weighted by Crippen LogP contribution is -2.47. The number of urea groups is 1. The first-order chi connectivity index (χ1) is 17.4. The van der Waals surface area contributed by atoms with Crippen LogP contribution in [0, 0.1) is 12.7 Å². The van der Waals surface area contributed by atoms with Crippen LogP contribution in [0.25, 0.3) is 11.3 Å². The van der Waals surface area contributed by atoms with E-state index in [-0.39, 0.29) is 11.3 Å². The number of hydrogen-bond donors (Lipinski definition) is 2. The summed E-state index contributed by atoms with van der Waals surface area (Å²) >= 11 is 0. The third-order valence-corrected chi connectivity index (χ3v) is 5.89. The molecule has 1 aromatic heterocycles. The van der Waals surface area contributed by atoms with Crippen molar-refractivity contribution in [2.75, 3.05) is 17.3 Å². The van der Waals surface area contributed by atoms with Gasteiger partial charge in [-0.3, -0.25) is 4.79 Å². The zero-order valence-electron chi connectivity index (χ0n) is 19.5. The van der Waals surface area contributed by atoms with Crippen molar-refractivity contribution >= 4 is 29.0 Å². The van der Waals surface area contributed by atoms with Gasteiger partial charge in [-0.05, 0) is 25.1 Å². The van der Waals surface area contributed by atoms with Crippen LogP contribution in [0.4, 0.5) is 20.6 Å². The van der Waals surface area contributed by atoms with Crippen molar-refractivity contribution in [2.45, 2.75) is 13.1 Å². The molecule has 2 heterocycles. The number of nitrogens with zero attached hydrogens (tertiary/aromatic N) is 3. The number of benzene rings is 3. The van der Waals surface area contributed by atoms with Gasteiger partial charge in [-0.15, -0.1) is 0 Å². The summed E-state index contributed by atoms with van der Waals surface area (Å²) in [6, 6.07) is 21.8. The minimum absolute atomic E-state index is 0.224. The van der Waals surface area contributed by atoms with Crippen molar-refractivity contribution in [1.82, 2.24) is 10.5 Å². The van der Waals surface area contributed by atoms with Gasteiger partial charge in [0.15, 0.2) is 5.76 Å². The molecule has 4 aromatic rings. The Balaban J connectivity index is 1.49. The first kappa shape index (κ1) is 23.0. The molecule has 0 saturated heterocycles. The van der Waals surface area contributed by atoms with E-state index < -0.39 is 23.9 Å². The first-order valence-corrected chi connectivity index (χ1v) is 11.2. The van der Waals surface area contributed by atoms with Crippen LogP contribution in [0.3, 0.4) is 0 Å². The minimum Gasteiger partial charge on any atom is -0.359 e. The van der Waals surface area contributed by atoms with Crippen LogP contribution in [0.5, 0.6) is 0 Å². The van der Waals surface area contributed by atoms with Crippen LogP contribution in [0.1, 0.15) is 16.9 Å². The number of halogens is 1. The zero-order valence-corrected chi connectivity index (χ0v) is 19.5. The van der Waals surface area contributed by atoms with Gasteiger partial charge in [-0.1, -0.05) is 65.8 Å². The number of aryl methyl sites for hydroxylation is 1. The average Bonchev–Trinajstić information content (AvgIpc) is 3.22. The second-order valence-corrected chi connectivity index (χ2v) is 8.20. The van der Waals surface area contributed by atoms with Gasteiger partial charge in [0, 0.05) is 23.7 Å². The van der Waals surface area contributed by atoms with Gasteiger partial charge >= 0.3 is 6.03 Å². The summed E-state index contributed by atoms with van der Waals surface area (Å²) in [5.74, 6) is -0.565. The molecule has 0 saturated carbocycles. The lowest BCUT2D eigenvalue weighted by atomic mass is 10.00. The molecule has 9 heteroatoms. The van der Waals surface area contributed by atoms with Crippen LogP contribution < -0.4 is 15.5 Å². The maximum atomic E-state index is 14.8. The number of rotatable bonds is 4. The number of carbonyl (C=O) groups excluding carboxylic acids is 2. The molecular formula is C27H22FN5O3. The molecule has 0 radical (unpaired) electrons. The number of anilines is 2. The number of aliphatic imine (C=N–C) groups is 1. The molecule has 0 bridgehead atoms. The van der Waals surface area contributed by atoms with Gasteiger partial charge in [-0.2, -0.15) is 0 Å². The van der Waals surface area contributed by atoms with Gasteiger partial charge in [0.05, 0.1) is 11.4 Å². The molecule has 0 aliphatic carbocycles. The number of carbonyl (C=O) groups is 2. The van der Waals surface area contributed by atoms with Crippen LogP contribution in [0.15, 0.2) is 88.4 Å². The highest BCUT2D eigenvalue weighted by molar-refractivity contribution is 6.20. The van der Waals surface area contributed by atoms with E-state index in [0.29, 0.717) is 28.4 Å². The Kier molecular flexibility index (Phi) is 6.03. The Hall–Kier alpha value is -4.79. The maximum absolute atomic E-state index is 14.8. The Morgan fingerprint density at radius 2 is 1.64 bits per heavy atom. The van der Waals surface area contributed by atoms with Crippen molar-refractivity contribution in [3.63, 3.8) is 0 Å². The quantitative estimate of drug-likeness (QED) is 0.438. The van der Waals surface area contributed by atoms with Gasteiger partial charge in [-0.25, -0.2) is 14.2 Å². The molecule has 180 valence electrons. The number of para-hydroxylation sites is 1. The van der Waals surface area contributed by atoms with Crippen molar-refractivity contribution in [3.8, 4) is 11.3 Å². The molecule has 1 unspecified atom stereocenters. The Morgan fingerprint density at radius 1 is 0.972 bits per heavy atom. The maximum Gasteiger partial charge on any atom is 0.321 e. The standard InChI is InChI=1S/C27H22FN5O3/c1-16-22(23(32-36-16)17-10-4-3-5-11-17)30-27(35)31-25-26(34)33(2)21-15-9-7-13-19(21)24(29-25)18-12-6-8-14-20(18)28/h3-15,25H,1-2H3,(H2,30,31,35). The smallest absolute Gasteiger partial charge is 0.321 e. The van der Waals surface area contributed by atoms with E-state index in [1.807, 2.05) is 30.3 Å². The van der Waals surface area contributed by atoms with E-state index in [4.69, 9.17) is 4.52 Å². The lowest BCUT2D eigenvalue weighted by Gasteiger charge is -2.21. The highest BCUT2D eigenvalue weighted by atomic mass is 19.1. The van der Waals surface area contributed by atoms with Crippen molar-refractivity contribution < 1.29 is 18.5 Å². The number of hydrogen-bond acceptors (Lipinski definition) is 5. The van der Waals surface area contributed by atoms with E-state index in [9.17, 15) is 14.0 Å². The summed E-state index contributed by atoms with van der Waals surface area (Å²) in [7, 11) is 1.59. The number of aromatic nitrogens is 1. The molecule has 0 fully saturated rings. The summed E-state index contributed by atoms with van der Waals surface area (Å²) < 4.78 is 20.1. The largest absolute Gasteiger partial charge is 0.359 e. The molecule has 3 amide bonds. The second-order valence-electron chi connectivity index (χ2n) is 8.20. The second kappa shape index (κ2) is 9.46. The zero-order chi connectivity index (χ0) is 25.2.